The van der Waals surface area contributed by atoms with Crippen molar-refractivity contribution < 1.29 is 0 Å². The zero-order valence-corrected chi connectivity index (χ0v) is 33.3. The molecule has 290 valence electrons. The molecule has 0 radical (unpaired) electrons. The number of fused-ring (bicyclic) bond motifs is 7. The first-order valence-electron chi connectivity index (χ1n) is 20.7. The molecule has 0 amide bonds. The Morgan fingerprint density at radius 1 is 0.274 bits per heavy atom. The summed E-state index contributed by atoms with van der Waals surface area (Å²) in [6.07, 6.45) is 0. The molecular formula is C55H35N7. The van der Waals surface area contributed by atoms with E-state index in [2.05, 4.69) is 149 Å². The molecule has 12 aromatic rings. The maximum absolute atomic E-state index is 5.28. The Morgan fingerprint density at radius 3 is 1.11 bits per heavy atom. The van der Waals surface area contributed by atoms with Crippen molar-refractivity contribution >= 4 is 43.6 Å². The molecule has 4 heterocycles. The van der Waals surface area contributed by atoms with Crippen LogP contribution >= 0.6 is 0 Å². The summed E-state index contributed by atoms with van der Waals surface area (Å²) in [7, 11) is 0. The highest BCUT2D eigenvalue weighted by atomic mass is 15.2. The molecule has 12 rings (SSSR count). The van der Waals surface area contributed by atoms with Gasteiger partial charge in [-0.25, -0.2) is 24.9 Å². The van der Waals surface area contributed by atoms with Crippen LogP contribution in [0.4, 0.5) is 0 Å². The Balaban J connectivity index is 1.04. The van der Waals surface area contributed by atoms with Gasteiger partial charge in [0.15, 0.2) is 17.5 Å². The third-order valence-corrected chi connectivity index (χ3v) is 11.6. The first-order chi connectivity index (χ1) is 30.7. The van der Waals surface area contributed by atoms with Gasteiger partial charge in [-0.2, -0.15) is 0 Å². The van der Waals surface area contributed by atoms with Crippen LogP contribution in [-0.4, -0.2) is 34.1 Å². The van der Waals surface area contributed by atoms with Crippen LogP contribution in [-0.2, 0) is 0 Å². The second kappa shape index (κ2) is 14.6. The molecule has 0 fully saturated rings. The first kappa shape index (κ1) is 35.4. The number of hydrogen-bond donors (Lipinski definition) is 0. The lowest BCUT2D eigenvalue weighted by Crippen LogP contribution is -2.04. The minimum Gasteiger partial charge on any atom is -0.309 e. The van der Waals surface area contributed by atoms with Crippen LogP contribution in [0.15, 0.2) is 212 Å². The Labute approximate surface area is 356 Å². The smallest absolute Gasteiger partial charge is 0.235 e. The molecule has 0 aliphatic carbocycles. The summed E-state index contributed by atoms with van der Waals surface area (Å²) in [5.41, 5.74) is 11.9. The van der Waals surface area contributed by atoms with E-state index in [1.165, 1.54) is 10.8 Å². The highest BCUT2D eigenvalue weighted by Gasteiger charge is 2.22. The number of aromatic nitrogens is 7. The highest BCUT2D eigenvalue weighted by molar-refractivity contribution is 6.28. The molecule has 0 atom stereocenters. The van der Waals surface area contributed by atoms with Crippen molar-refractivity contribution in [2.75, 3.05) is 0 Å². The molecule has 4 aromatic heterocycles. The minimum atomic E-state index is 0.620. The largest absolute Gasteiger partial charge is 0.309 e. The second-order valence-corrected chi connectivity index (χ2v) is 15.3. The predicted octanol–water partition coefficient (Wildman–Crippen LogP) is 13.2. The molecule has 0 spiro atoms. The summed E-state index contributed by atoms with van der Waals surface area (Å²) in [6.45, 7) is 0. The quantitative estimate of drug-likeness (QED) is 0.161. The van der Waals surface area contributed by atoms with Gasteiger partial charge in [0.1, 0.15) is 0 Å². The van der Waals surface area contributed by atoms with Crippen molar-refractivity contribution in [1.82, 2.24) is 34.1 Å². The summed E-state index contributed by atoms with van der Waals surface area (Å²) >= 11 is 0. The van der Waals surface area contributed by atoms with Crippen molar-refractivity contribution in [2.45, 2.75) is 0 Å². The van der Waals surface area contributed by atoms with Crippen LogP contribution < -0.4 is 0 Å². The van der Waals surface area contributed by atoms with E-state index in [0.29, 0.717) is 23.4 Å². The Bertz CT molecular complexity index is 3480. The summed E-state index contributed by atoms with van der Waals surface area (Å²) < 4.78 is 4.59. The standard InChI is InChI=1S/C55H35N7/c1-5-17-36(18-6-1)44-35-45(37-19-7-2-8-20-37)57-55(56-44)62-47-28-16-14-26-43(47)51-49(62)34-33-48-50(51)42-25-13-15-27-46(42)61(48)41-31-29-40(30-32-41)54-59-52(38-21-9-3-10-22-38)58-53(60-54)39-23-11-4-12-24-39/h1-35H. The van der Waals surface area contributed by atoms with Crippen molar-refractivity contribution in [3.63, 3.8) is 0 Å². The third kappa shape index (κ3) is 5.94. The van der Waals surface area contributed by atoms with Crippen molar-refractivity contribution in [1.29, 1.82) is 0 Å². The zero-order valence-electron chi connectivity index (χ0n) is 33.3. The van der Waals surface area contributed by atoms with Crippen LogP contribution in [0.5, 0.6) is 0 Å². The average molecular weight is 794 g/mol. The van der Waals surface area contributed by atoms with Crippen LogP contribution in [0.1, 0.15) is 0 Å². The van der Waals surface area contributed by atoms with Crippen molar-refractivity contribution in [3.8, 4) is 68.3 Å². The maximum Gasteiger partial charge on any atom is 0.235 e. The van der Waals surface area contributed by atoms with Gasteiger partial charge in [-0.15, -0.1) is 0 Å². The summed E-state index contributed by atoms with van der Waals surface area (Å²) in [4.78, 5) is 25.4. The lowest BCUT2D eigenvalue weighted by Gasteiger charge is -2.12. The summed E-state index contributed by atoms with van der Waals surface area (Å²) in [5.74, 6) is 2.52. The van der Waals surface area contributed by atoms with Gasteiger partial charge in [-0.05, 0) is 54.6 Å². The topological polar surface area (TPSA) is 74.3 Å². The van der Waals surface area contributed by atoms with E-state index in [9.17, 15) is 0 Å². The van der Waals surface area contributed by atoms with E-state index in [0.717, 1.165) is 77.7 Å². The van der Waals surface area contributed by atoms with E-state index < -0.39 is 0 Å². The van der Waals surface area contributed by atoms with E-state index in [1.807, 2.05) is 72.8 Å². The first-order valence-corrected chi connectivity index (χ1v) is 20.7. The van der Waals surface area contributed by atoms with Gasteiger partial charge in [-0.3, -0.25) is 4.57 Å². The number of para-hydroxylation sites is 2. The highest BCUT2D eigenvalue weighted by Crippen LogP contribution is 2.42. The third-order valence-electron chi connectivity index (χ3n) is 11.6. The monoisotopic (exact) mass is 793 g/mol. The molecule has 0 unspecified atom stereocenters. The molecule has 0 aliphatic rings. The molecule has 0 N–H and O–H groups in total. The fourth-order valence-electron chi connectivity index (χ4n) is 8.76. The molecule has 62 heavy (non-hydrogen) atoms. The molecular weight excluding hydrogens is 759 g/mol. The molecule has 0 bridgehead atoms. The van der Waals surface area contributed by atoms with Gasteiger partial charge in [0, 0.05) is 55.0 Å². The molecule has 0 saturated heterocycles. The number of nitrogens with zero attached hydrogens (tertiary/aromatic N) is 7. The SMILES string of the molecule is c1ccc(-c2cc(-c3ccccc3)nc(-n3c4ccccc4c4c5c6ccccc6n(-c6ccc(-c7nc(-c8ccccc8)nc(-c8ccccc8)n7)cc6)c5ccc43)n2)cc1. The molecule has 8 aromatic carbocycles. The lowest BCUT2D eigenvalue weighted by atomic mass is 10.1. The number of hydrogen-bond acceptors (Lipinski definition) is 5. The van der Waals surface area contributed by atoms with E-state index in [-0.39, 0.29) is 0 Å². The molecule has 0 aliphatic heterocycles. The summed E-state index contributed by atoms with van der Waals surface area (Å²) in [5, 5.41) is 4.64. The van der Waals surface area contributed by atoms with Crippen LogP contribution in [0, 0.1) is 0 Å². The summed E-state index contributed by atoms with van der Waals surface area (Å²) in [6, 6.07) is 73.2. The maximum atomic E-state index is 5.28. The number of rotatable bonds is 7. The normalized spacial score (nSPS) is 11.5. The molecule has 7 heteroatoms. The van der Waals surface area contributed by atoms with Crippen LogP contribution in [0.25, 0.3) is 112 Å². The van der Waals surface area contributed by atoms with Gasteiger partial charge in [0.2, 0.25) is 5.95 Å². The second-order valence-electron chi connectivity index (χ2n) is 15.3. The lowest BCUT2D eigenvalue weighted by molar-refractivity contribution is 0.996. The number of benzene rings is 8. The van der Waals surface area contributed by atoms with Gasteiger partial charge in [0.05, 0.1) is 33.5 Å². The van der Waals surface area contributed by atoms with Gasteiger partial charge >= 0.3 is 0 Å². The van der Waals surface area contributed by atoms with Crippen molar-refractivity contribution in [2.24, 2.45) is 0 Å². The Hall–Kier alpha value is -8.55. The predicted molar refractivity (Wildman–Crippen MR) is 251 cm³/mol. The van der Waals surface area contributed by atoms with Gasteiger partial charge < -0.3 is 4.57 Å². The van der Waals surface area contributed by atoms with E-state index >= 15 is 0 Å². The average Bonchev–Trinajstić information content (AvgIpc) is 3.88. The van der Waals surface area contributed by atoms with Gasteiger partial charge in [0.25, 0.3) is 0 Å². The fraction of sp³-hybridized carbons (Fsp3) is 0. The van der Waals surface area contributed by atoms with Crippen LogP contribution in [0.3, 0.4) is 0 Å². The van der Waals surface area contributed by atoms with Crippen molar-refractivity contribution in [3.05, 3.63) is 212 Å². The molecule has 7 nitrogen and oxygen atoms in total. The Morgan fingerprint density at radius 2 is 0.645 bits per heavy atom. The Kier molecular flexibility index (Phi) is 8.35. The van der Waals surface area contributed by atoms with Gasteiger partial charge in [-0.1, -0.05) is 158 Å². The molecule has 0 saturated carbocycles. The zero-order chi connectivity index (χ0) is 41.0. The van der Waals surface area contributed by atoms with E-state index in [1.54, 1.807) is 0 Å². The minimum absolute atomic E-state index is 0.620. The fourth-order valence-corrected chi connectivity index (χ4v) is 8.76. The van der Waals surface area contributed by atoms with Crippen LogP contribution in [0.2, 0.25) is 0 Å². The van der Waals surface area contributed by atoms with E-state index in [4.69, 9.17) is 24.9 Å².